The molecule has 2 aromatic rings. The molecule has 2 rings (SSSR count). The van der Waals surface area contributed by atoms with Crippen LogP contribution in [-0.2, 0) is 0 Å². The number of amides is 3. The van der Waals surface area contributed by atoms with Crippen molar-refractivity contribution in [3.05, 3.63) is 57.6 Å². The van der Waals surface area contributed by atoms with E-state index >= 15 is 0 Å². The first-order valence-electron chi connectivity index (χ1n) is 7.32. The summed E-state index contributed by atoms with van der Waals surface area (Å²) in [6.07, 6.45) is -4.01. The lowest BCUT2D eigenvalue weighted by Gasteiger charge is -2.20. The number of benzene rings is 2. The topological polar surface area (TPSA) is 67.4 Å². The van der Waals surface area contributed by atoms with Gasteiger partial charge in [0.1, 0.15) is 17.2 Å². The van der Waals surface area contributed by atoms with Gasteiger partial charge in [-0.15, -0.1) is 0 Å². The van der Waals surface area contributed by atoms with Gasteiger partial charge >= 0.3 is 12.1 Å². The Balaban J connectivity index is 2.14. The van der Waals surface area contributed by atoms with E-state index in [1.54, 1.807) is 5.32 Å². The Hall–Kier alpha value is -1.94. The molecule has 0 saturated heterocycles. The highest BCUT2D eigenvalue weighted by atomic mass is 35.5. The maximum absolute atomic E-state index is 13.6. The Kier molecular flexibility index (Phi) is 7.45. The van der Waals surface area contributed by atoms with Crippen molar-refractivity contribution in [3.63, 3.8) is 0 Å². The molecule has 29 heavy (non-hydrogen) atoms. The van der Waals surface area contributed by atoms with Crippen LogP contribution in [0.2, 0.25) is 10.0 Å². The number of urea groups is 1. The van der Waals surface area contributed by atoms with Crippen molar-refractivity contribution in [2.45, 2.75) is 10.9 Å². The van der Waals surface area contributed by atoms with Crippen LogP contribution >= 0.6 is 46.4 Å². The molecule has 3 amide bonds. The fraction of sp³-hybridized carbons (Fsp3) is 0.125. The minimum absolute atomic E-state index is 0.150. The van der Waals surface area contributed by atoms with Crippen LogP contribution in [0.5, 0.6) is 5.75 Å². The van der Waals surface area contributed by atoms with E-state index in [9.17, 15) is 27.2 Å². The number of hydrogen-bond acceptors (Lipinski definition) is 3. The maximum atomic E-state index is 13.6. The molecule has 0 heterocycles. The summed E-state index contributed by atoms with van der Waals surface area (Å²) in [4.78, 5) is 21.5. The number of ether oxygens (including phenoxy) is 1. The quantitative estimate of drug-likeness (QED) is 0.396. The molecule has 0 unspecified atom stereocenters. The molecule has 0 spiro atoms. The minimum Gasteiger partial charge on any atom is -0.427 e. The van der Waals surface area contributed by atoms with Crippen molar-refractivity contribution in [1.29, 1.82) is 0 Å². The van der Waals surface area contributed by atoms with Crippen LogP contribution in [0, 0.1) is 11.6 Å². The zero-order valence-electron chi connectivity index (χ0n) is 13.7. The van der Waals surface area contributed by atoms with Gasteiger partial charge in [0.25, 0.3) is 5.91 Å². The summed E-state index contributed by atoms with van der Waals surface area (Å²) < 4.78 is 58.4. The van der Waals surface area contributed by atoms with Crippen molar-refractivity contribution in [3.8, 4) is 5.75 Å². The zero-order valence-corrected chi connectivity index (χ0v) is 16.7. The molecule has 0 radical (unpaired) electrons. The summed E-state index contributed by atoms with van der Waals surface area (Å²) in [5.41, 5.74) is -1.12. The second-order valence-electron chi connectivity index (χ2n) is 5.24. The van der Waals surface area contributed by atoms with Gasteiger partial charge in [0, 0.05) is 5.69 Å². The number of anilines is 1. The predicted molar refractivity (Wildman–Crippen MR) is 100 cm³/mol. The Morgan fingerprint density at radius 3 is 2.03 bits per heavy atom. The van der Waals surface area contributed by atoms with Crippen LogP contribution in [0.4, 0.5) is 28.0 Å². The molecule has 0 aliphatic rings. The molecule has 2 aromatic carbocycles. The SMILES string of the molecule is O=C(NC(=O)c1c(F)cccc1F)Nc1cc(Cl)c(OC(F)(F)C(Cl)Cl)c(Cl)c1. The lowest BCUT2D eigenvalue weighted by atomic mass is 10.2. The standard InChI is InChI=1S/C16H8Cl4F4N2O3/c17-7-4-6(5-8(18)12(7)29-16(23,24)14(19)20)25-15(28)26-13(27)11-9(21)2-1-3-10(11)22/h1-5,14H,(H2,25,26,27,28). The van der Waals surface area contributed by atoms with Gasteiger partial charge in [0.2, 0.25) is 4.84 Å². The van der Waals surface area contributed by atoms with E-state index in [0.29, 0.717) is 0 Å². The first-order chi connectivity index (χ1) is 13.4. The molecule has 0 saturated carbocycles. The Bertz CT molecular complexity index is 917. The summed E-state index contributed by atoms with van der Waals surface area (Å²) in [5.74, 6) is -4.38. The number of carbonyl (C=O) groups excluding carboxylic acids is 2. The molecule has 13 heteroatoms. The highest BCUT2D eigenvalue weighted by Crippen LogP contribution is 2.40. The summed E-state index contributed by atoms with van der Waals surface area (Å²) >= 11 is 21.8. The summed E-state index contributed by atoms with van der Waals surface area (Å²) in [5, 5.41) is 2.89. The molecule has 0 aliphatic heterocycles. The third-order valence-corrected chi connectivity index (χ3v) is 4.23. The highest BCUT2D eigenvalue weighted by molar-refractivity contribution is 6.45. The summed E-state index contributed by atoms with van der Waals surface area (Å²) in [6, 6.07) is 3.42. The van der Waals surface area contributed by atoms with Gasteiger partial charge in [-0.3, -0.25) is 10.1 Å². The van der Waals surface area contributed by atoms with Gasteiger partial charge in [-0.05, 0) is 24.3 Å². The zero-order chi connectivity index (χ0) is 21.9. The van der Waals surface area contributed by atoms with Crippen molar-refractivity contribution < 1.29 is 31.9 Å². The molecule has 0 bridgehead atoms. The molecule has 0 aromatic heterocycles. The van der Waals surface area contributed by atoms with E-state index in [-0.39, 0.29) is 5.69 Å². The second-order valence-corrected chi connectivity index (χ2v) is 7.15. The predicted octanol–water partition coefficient (Wildman–Crippen LogP) is 6.01. The molecule has 0 aliphatic carbocycles. The van der Waals surface area contributed by atoms with E-state index in [1.807, 2.05) is 0 Å². The normalized spacial score (nSPS) is 11.3. The molecule has 0 atom stereocenters. The number of hydrogen-bond donors (Lipinski definition) is 2. The third-order valence-electron chi connectivity index (χ3n) is 3.17. The van der Waals surface area contributed by atoms with Gasteiger partial charge in [-0.2, -0.15) is 8.78 Å². The van der Waals surface area contributed by atoms with Gasteiger partial charge in [-0.25, -0.2) is 13.6 Å². The fourth-order valence-electron chi connectivity index (χ4n) is 1.95. The number of rotatable bonds is 5. The first-order valence-corrected chi connectivity index (χ1v) is 8.95. The average molecular weight is 494 g/mol. The van der Waals surface area contributed by atoms with Crippen LogP contribution in [0.1, 0.15) is 10.4 Å². The van der Waals surface area contributed by atoms with Gasteiger partial charge in [0.15, 0.2) is 5.75 Å². The van der Waals surface area contributed by atoms with Crippen molar-refractivity contribution in [2.24, 2.45) is 0 Å². The van der Waals surface area contributed by atoms with Gasteiger partial charge in [-0.1, -0.05) is 52.5 Å². The largest absolute Gasteiger partial charge is 0.428 e. The van der Waals surface area contributed by atoms with E-state index in [1.165, 1.54) is 0 Å². The molecule has 5 nitrogen and oxygen atoms in total. The van der Waals surface area contributed by atoms with Gasteiger partial charge < -0.3 is 10.1 Å². The second kappa shape index (κ2) is 9.25. The monoisotopic (exact) mass is 492 g/mol. The number of nitrogens with one attached hydrogen (secondary N) is 2. The van der Waals surface area contributed by atoms with E-state index in [0.717, 1.165) is 30.3 Å². The number of carbonyl (C=O) groups is 2. The maximum Gasteiger partial charge on any atom is 0.428 e. The van der Waals surface area contributed by atoms with Crippen LogP contribution in [0.15, 0.2) is 30.3 Å². The number of alkyl halides is 4. The smallest absolute Gasteiger partial charge is 0.427 e. The number of halogens is 8. The lowest BCUT2D eigenvalue weighted by Crippen LogP contribution is -2.35. The Labute approximate surface area is 180 Å². The van der Waals surface area contributed by atoms with Crippen molar-refractivity contribution in [1.82, 2.24) is 5.32 Å². The Morgan fingerprint density at radius 2 is 1.55 bits per heavy atom. The van der Waals surface area contributed by atoms with Crippen LogP contribution in [0.3, 0.4) is 0 Å². The van der Waals surface area contributed by atoms with Gasteiger partial charge in [0.05, 0.1) is 10.0 Å². The van der Waals surface area contributed by atoms with Crippen molar-refractivity contribution in [2.75, 3.05) is 5.32 Å². The molecular weight excluding hydrogens is 486 g/mol. The molecule has 2 N–H and O–H groups in total. The number of imide groups is 1. The van der Waals surface area contributed by atoms with E-state index < -0.39 is 55.9 Å². The average Bonchev–Trinajstić information content (AvgIpc) is 2.57. The minimum atomic E-state index is -4.01. The highest BCUT2D eigenvalue weighted by Gasteiger charge is 2.41. The first kappa shape index (κ1) is 23.3. The van der Waals surface area contributed by atoms with Crippen LogP contribution in [0.25, 0.3) is 0 Å². The lowest BCUT2D eigenvalue weighted by molar-refractivity contribution is -0.163. The molecular formula is C16H8Cl4F4N2O3. The third kappa shape index (κ3) is 5.79. The molecule has 0 fully saturated rings. The summed E-state index contributed by atoms with van der Waals surface area (Å²) in [7, 11) is 0. The van der Waals surface area contributed by atoms with Crippen molar-refractivity contribution >= 4 is 64.0 Å². The Morgan fingerprint density at radius 1 is 1.03 bits per heavy atom. The van der Waals surface area contributed by atoms with Crippen LogP contribution in [-0.4, -0.2) is 22.9 Å². The summed E-state index contributed by atoms with van der Waals surface area (Å²) in [6.45, 7) is 0. The van der Waals surface area contributed by atoms with E-state index in [2.05, 4.69) is 10.1 Å². The van der Waals surface area contributed by atoms with E-state index in [4.69, 9.17) is 46.4 Å². The fourth-order valence-corrected chi connectivity index (χ4v) is 2.61. The molecule has 156 valence electrons. The van der Waals surface area contributed by atoms with Crippen LogP contribution < -0.4 is 15.4 Å².